The number of pyridine rings is 1. The number of hydrogen-bond donors (Lipinski definition) is 1. The van der Waals surface area contributed by atoms with Gasteiger partial charge in [-0.2, -0.15) is 0 Å². The molecule has 2 atom stereocenters. The molecule has 2 aliphatic rings. The summed E-state index contributed by atoms with van der Waals surface area (Å²) in [6.45, 7) is 7.76. The molecule has 1 aromatic rings. The monoisotopic (exact) mass is 317 g/mol. The van der Waals surface area contributed by atoms with Gasteiger partial charge in [-0.15, -0.1) is 0 Å². The second kappa shape index (κ2) is 6.02. The van der Waals surface area contributed by atoms with Crippen molar-refractivity contribution in [3.63, 3.8) is 0 Å². The Kier molecular flexibility index (Phi) is 4.21. The van der Waals surface area contributed by atoms with E-state index in [0.29, 0.717) is 18.1 Å². The van der Waals surface area contributed by atoms with E-state index in [0.717, 1.165) is 37.1 Å². The van der Waals surface area contributed by atoms with Gasteiger partial charge in [0.05, 0.1) is 11.9 Å². The van der Waals surface area contributed by atoms with E-state index >= 15 is 0 Å². The van der Waals surface area contributed by atoms with Crippen LogP contribution in [-0.2, 0) is 4.74 Å². The number of amides is 1. The summed E-state index contributed by atoms with van der Waals surface area (Å²) >= 11 is 0. The first-order valence-corrected chi connectivity index (χ1v) is 8.52. The summed E-state index contributed by atoms with van der Waals surface area (Å²) in [5, 5.41) is 3.58. The zero-order chi connectivity index (χ0) is 16.6. The van der Waals surface area contributed by atoms with Crippen molar-refractivity contribution in [3.8, 4) is 0 Å². The molecule has 23 heavy (non-hydrogen) atoms. The number of fused-ring (bicyclic) bond motifs is 2. The lowest BCUT2D eigenvalue weighted by Crippen LogP contribution is -2.51. The number of aromatic nitrogens is 1. The number of carbonyl (C=O) groups is 1. The lowest BCUT2D eigenvalue weighted by atomic mass is 9.97. The number of anilines is 1. The standard InChI is InChI=1S/C18H27N3O2/c1-12-5-6-13(11-19-12)20-14-9-15-7-8-16(10-14)21(15)17(22)23-18(2,3)4/h5-6,11,14-16,20H,7-10H2,1-4H3. The average molecular weight is 317 g/mol. The molecule has 1 aromatic heterocycles. The number of carbonyl (C=O) groups excluding carboxylic acids is 1. The van der Waals surface area contributed by atoms with E-state index in [4.69, 9.17) is 4.74 Å². The molecule has 0 radical (unpaired) electrons. The lowest BCUT2D eigenvalue weighted by molar-refractivity contribution is 0.00683. The van der Waals surface area contributed by atoms with Crippen LogP contribution in [0.3, 0.4) is 0 Å². The Balaban J connectivity index is 1.62. The van der Waals surface area contributed by atoms with E-state index in [-0.39, 0.29) is 6.09 Å². The third kappa shape index (κ3) is 3.77. The fourth-order valence-corrected chi connectivity index (χ4v) is 3.70. The number of hydrogen-bond acceptors (Lipinski definition) is 4. The summed E-state index contributed by atoms with van der Waals surface area (Å²) in [4.78, 5) is 18.8. The quantitative estimate of drug-likeness (QED) is 0.903. The number of nitrogens with zero attached hydrogens (tertiary/aromatic N) is 2. The van der Waals surface area contributed by atoms with E-state index in [1.165, 1.54) is 0 Å². The van der Waals surface area contributed by atoms with Crippen LogP contribution >= 0.6 is 0 Å². The van der Waals surface area contributed by atoms with Gasteiger partial charge in [0.25, 0.3) is 0 Å². The van der Waals surface area contributed by atoms with E-state index in [2.05, 4.69) is 16.4 Å². The molecule has 1 amide bonds. The summed E-state index contributed by atoms with van der Waals surface area (Å²) in [6, 6.07) is 5.08. The third-order valence-electron chi connectivity index (χ3n) is 4.62. The highest BCUT2D eigenvalue weighted by Gasteiger charge is 2.44. The van der Waals surface area contributed by atoms with Gasteiger partial charge in [-0.3, -0.25) is 4.98 Å². The molecule has 5 nitrogen and oxygen atoms in total. The molecule has 2 fully saturated rings. The molecule has 3 heterocycles. The Morgan fingerprint density at radius 1 is 1.26 bits per heavy atom. The van der Waals surface area contributed by atoms with Gasteiger partial charge in [-0.25, -0.2) is 4.79 Å². The SMILES string of the molecule is Cc1ccc(NC2CC3CCC(C2)N3C(=O)OC(C)(C)C)cn1. The van der Waals surface area contributed by atoms with Crippen LogP contribution in [0.25, 0.3) is 0 Å². The fourth-order valence-electron chi connectivity index (χ4n) is 3.70. The highest BCUT2D eigenvalue weighted by Crippen LogP contribution is 2.37. The molecule has 0 spiro atoms. The van der Waals surface area contributed by atoms with Crippen molar-refractivity contribution in [2.24, 2.45) is 0 Å². The topological polar surface area (TPSA) is 54.5 Å². The largest absolute Gasteiger partial charge is 0.444 e. The maximum absolute atomic E-state index is 12.5. The molecule has 2 unspecified atom stereocenters. The summed E-state index contributed by atoms with van der Waals surface area (Å²) in [5.74, 6) is 0. The zero-order valence-electron chi connectivity index (χ0n) is 14.5. The molecule has 3 rings (SSSR count). The average Bonchev–Trinajstić information content (AvgIpc) is 2.72. The second-order valence-electron chi connectivity index (χ2n) is 7.77. The van der Waals surface area contributed by atoms with Gasteiger partial charge in [-0.1, -0.05) is 0 Å². The van der Waals surface area contributed by atoms with Gasteiger partial charge in [0.15, 0.2) is 0 Å². The predicted molar refractivity (Wildman–Crippen MR) is 90.5 cm³/mol. The van der Waals surface area contributed by atoms with Gasteiger partial charge in [0.2, 0.25) is 0 Å². The normalized spacial score (nSPS) is 27.0. The Morgan fingerprint density at radius 2 is 1.91 bits per heavy atom. The molecule has 0 saturated carbocycles. The Morgan fingerprint density at radius 3 is 2.43 bits per heavy atom. The van der Waals surface area contributed by atoms with Gasteiger partial charge >= 0.3 is 6.09 Å². The lowest BCUT2D eigenvalue weighted by Gasteiger charge is -2.40. The van der Waals surface area contributed by atoms with E-state index in [1.807, 2.05) is 44.9 Å². The van der Waals surface area contributed by atoms with Gasteiger partial charge in [0, 0.05) is 23.8 Å². The first kappa shape index (κ1) is 16.1. The van der Waals surface area contributed by atoms with E-state index in [1.54, 1.807) is 0 Å². The first-order valence-electron chi connectivity index (χ1n) is 8.52. The molecule has 0 aromatic carbocycles. The number of aryl methyl sites for hydroxylation is 1. The molecule has 126 valence electrons. The summed E-state index contributed by atoms with van der Waals surface area (Å²) < 4.78 is 5.58. The Hall–Kier alpha value is -1.78. The molecule has 2 saturated heterocycles. The van der Waals surface area contributed by atoms with Gasteiger partial charge in [0.1, 0.15) is 5.60 Å². The minimum Gasteiger partial charge on any atom is -0.444 e. The van der Waals surface area contributed by atoms with Crippen LogP contribution in [0.1, 0.15) is 52.1 Å². The number of ether oxygens (including phenoxy) is 1. The summed E-state index contributed by atoms with van der Waals surface area (Å²) in [7, 11) is 0. The predicted octanol–water partition coefficient (Wildman–Crippen LogP) is 3.73. The summed E-state index contributed by atoms with van der Waals surface area (Å²) in [6.07, 6.45) is 5.84. The van der Waals surface area contributed by atoms with Crippen molar-refractivity contribution in [1.82, 2.24) is 9.88 Å². The zero-order valence-corrected chi connectivity index (χ0v) is 14.5. The van der Waals surface area contributed by atoms with E-state index in [9.17, 15) is 4.79 Å². The smallest absolute Gasteiger partial charge is 0.410 e. The minimum atomic E-state index is -0.431. The fraction of sp³-hybridized carbons (Fsp3) is 0.667. The van der Waals surface area contributed by atoms with Crippen LogP contribution in [0.5, 0.6) is 0 Å². The molecule has 2 bridgehead atoms. The minimum absolute atomic E-state index is 0.152. The molecular weight excluding hydrogens is 290 g/mol. The number of nitrogens with one attached hydrogen (secondary N) is 1. The Bertz CT molecular complexity index is 551. The van der Waals surface area contributed by atoms with Crippen molar-refractivity contribution < 1.29 is 9.53 Å². The highest BCUT2D eigenvalue weighted by atomic mass is 16.6. The van der Waals surface area contributed by atoms with Crippen LogP contribution in [0.15, 0.2) is 18.3 Å². The van der Waals surface area contributed by atoms with Crippen LogP contribution in [0.2, 0.25) is 0 Å². The van der Waals surface area contributed by atoms with Crippen molar-refractivity contribution >= 4 is 11.8 Å². The molecule has 1 N–H and O–H groups in total. The maximum atomic E-state index is 12.5. The molecular formula is C18H27N3O2. The van der Waals surface area contributed by atoms with Gasteiger partial charge < -0.3 is 15.0 Å². The second-order valence-corrected chi connectivity index (χ2v) is 7.77. The van der Waals surface area contributed by atoms with Crippen molar-refractivity contribution in [2.45, 2.75) is 77.1 Å². The van der Waals surface area contributed by atoms with Crippen LogP contribution in [-0.4, -0.2) is 39.7 Å². The van der Waals surface area contributed by atoms with Gasteiger partial charge in [-0.05, 0) is 65.5 Å². The van der Waals surface area contributed by atoms with Crippen LogP contribution in [0, 0.1) is 6.92 Å². The third-order valence-corrected chi connectivity index (χ3v) is 4.62. The first-order chi connectivity index (χ1) is 10.8. The molecule has 2 aliphatic heterocycles. The number of rotatable bonds is 2. The van der Waals surface area contributed by atoms with Crippen molar-refractivity contribution in [1.29, 1.82) is 0 Å². The molecule has 5 heteroatoms. The summed E-state index contributed by atoms with van der Waals surface area (Å²) in [5.41, 5.74) is 1.65. The maximum Gasteiger partial charge on any atom is 0.410 e. The van der Waals surface area contributed by atoms with Crippen LogP contribution in [0.4, 0.5) is 10.5 Å². The number of piperidine rings is 1. The Labute approximate surface area is 138 Å². The van der Waals surface area contributed by atoms with Crippen molar-refractivity contribution in [3.05, 3.63) is 24.0 Å². The highest BCUT2D eigenvalue weighted by molar-refractivity contribution is 5.69. The van der Waals surface area contributed by atoms with Crippen molar-refractivity contribution in [2.75, 3.05) is 5.32 Å². The van der Waals surface area contributed by atoms with E-state index < -0.39 is 5.60 Å². The van der Waals surface area contributed by atoms with Crippen LogP contribution < -0.4 is 5.32 Å². The molecule has 0 aliphatic carbocycles.